The van der Waals surface area contributed by atoms with Crippen LogP contribution in [-0.4, -0.2) is 42.2 Å². The number of hydrogen-bond donors (Lipinski definition) is 1. The normalized spacial score (nSPS) is 13.8. The molecule has 3 aromatic rings. The minimum absolute atomic E-state index is 0.295. The Morgan fingerprint density at radius 1 is 1.00 bits per heavy atom. The van der Waals surface area contributed by atoms with Crippen molar-refractivity contribution in [2.75, 3.05) is 36.5 Å². The van der Waals surface area contributed by atoms with Crippen LogP contribution < -0.4 is 15.0 Å². The summed E-state index contributed by atoms with van der Waals surface area (Å²) in [6.45, 7) is 2.71. The van der Waals surface area contributed by atoms with Crippen LogP contribution in [0.1, 0.15) is 10.4 Å². The topological polar surface area (TPSA) is 76.6 Å². The first-order chi connectivity index (χ1) is 14.2. The van der Waals surface area contributed by atoms with Gasteiger partial charge < -0.3 is 19.7 Å². The van der Waals surface area contributed by atoms with Crippen molar-refractivity contribution >= 4 is 17.4 Å². The second-order valence-electron chi connectivity index (χ2n) is 6.37. The Balaban J connectivity index is 1.45. The molecule has 1 aliphatic rings. The molecule has 0 atom stereocenters. The van der Waals surface area contributed by atoms with E-state index in [1.807, 2.05) is 0 Å². The number of halogens is 1. The van der Waals surface area contributed by atoms with E-state index in [-0.39, 0.29) is 11.7 Å². The second kappa shape index (κ2) is 8.66. The summed E-state index contributed by atoms with van der Waals surface area (Å²) in [5.41, 5.74) is 0.973. The van der Waals surface area contributed by atoms with Crippen molar-refractivity contribution in [1.29, 1.82) is 0 Å². The summed E-state index contributed by atoms with van der Waals surface area (Å²) in [5.74, 6) is 0.951. The number of ether oxygens (including phenoxy) is 2. The standard InChI is InChI=1S/C21H19FN4O3/c22-16-3-5-17(6-4-16)25-20(27)15-1-7-18(8-2-15)29-21-19(23-9-10-24-21)26-11-13-28-14-12-26/h1-10H,11-14H2,(H,25,27). The Kier molecular flexibility index (Phi) is 5.62. The Hall–Kier alpha value is -3.52. The van der Waals surface area contributed by atoms with E-state index in [9.17, 15) is 9.18 Å². The number of rotatable bonds is 5. The van der Waals surface area contributed by atoms with Gasteiger partial charge in [0.25, 0.3) is 11.8 Å². The molecule has 148 valence electrons. The molecule has 7 nitrogen and oxygen atoms in total. The first kappa shape index (κ1) is 18.8. The Morgan fingerprint density at radius 3 is 2.41 bits per heavy atom. The lowest BCUT2D eigenvalue weighted by molar-refractivity contribution is 0.102. The number of morpholine rings is 1. The van der Waals surface area contributed by atoms with Crippen LogP contribution in [0.2, 0.25) is 0 Å². The molecule has 0 saturated carbocycles. The number of carbonyl (C=O) groups excluding carboxylic acids is 1. The van der Waals surface area contributed by atoms with Gasteiger partial charge in [-0.2, -0.15) is 0 Å². The van der Waals surface area contributed by atoms with Crippen molar-refractivity contribution in [3.8, 4) is 11.6 Å². The van der Waals surface area contributed by atoms with Crippen molar-refractivity contribution in [3.63, 3.8) is 0 Å². The maximum absolute atomic E-state index is 13.0. The van der Waals surface area contributed by atoms with Crippen LogP contribution >= 0.6 is 0 Å². The predicted molar refractivity (Wildman–Crippen MR) is 106 cm³/mol. The van der Waals surface area contributed by atoms with E-state index in [1.165, 1.54) is 24.3 Å². The fourth-order valence-electron chi connectivity index (χ4n) is 2.90. The maximum Gasteiger partial charge on any atom is 0.263 e. The fraction of sp³-hybridized carbons (Fsp3) is 0.190. The summed E-state index contributed by atoms with van der Waals surface area (Å²) >= 11 is 0. The third-order valence-corrected chi connectivity index (χ3v) is 4.39. The molecule has 1 N–H and O–H groups in total. The van der Waals surface area contributed by atoms with Crippen LogP contribution in [0.3, 0.4) is 0 Å². The van der Waals surface area contributed by atoms with Crippen LogP contribution in [0, 0.1) is 5.82 Å². The molecule has 1 aliphatic heterocycles. The molecule has 2 aromatic carbocycles. The lowest BCUT2D eigenvalue weighted by Gasteiger charge is -2.28. The van der Waals surface area contributed by atoms with Crippen molar-refractivity contribution in [2.45, 2.75) is 0 Å². The number of amides is 1. The minimum Gasteiger partial charge on any atom is -0.436 e. The summed E-state index contributed by atoms with van der Waals surface area (Å²) in [6, 6.07) is 12.3. The third kappa shape index (κ3) is 4.67. The molecule has 8 heteroatoms. The van der Waals surface area contributed by atoms with E-state index < -0.39 is 0 Å². The van der Waals surface area contributed by atoms with Crippen molar-refractivity contribution < 1.29 is 18.7 Å². The zero-order valence-corrected chi connectivity index (χ0v) is 15.5. The zero-order valence-electron chi connectivity index (χ0n) is 15.5. The van der Waals surface area contributed by atoms with E-state index in [2.05, 4.69) is 20.2 Å². The van der Waals surface area contributed by atoms with E-state index in [1.54, 1.807) is 36.7 Å². The van der Waals surface area contributed by atoms with E-state index >= 15 is 0 Å². The molecule has 0 spiro atoms. The zero-order chi connectivity index (χ0) is 20.1. The molecular weight excluding hydrogens is 375 g/mol. The van der Waals surface area contributed by atoms with Crippen LogP contribution in [0.4, 0.5) is 15.9 Å². The average Bonchev–Trinajstić information content (AvgIpc) is 2.77. The molecule has 1 fully saturated rings. The number of carbonyl (C=O) groups is 1. The summed E-state index contributed by atoms with van der Waals surface area (Å²) in [7, 11) is 0. The molecule has 1 aromatic heterocycles. The molecule has 2 heterocycles. The highest BCUT2D eigenvalue weighted by molar-refractivity contribution is 6.04. The first-order valence-electron chi connectivity index (χ1n) is 9.17. The van der Waals surface area contributed by atoms with Crippen molar-refractivity contribution in [3.05, 3.63) is 72.3 Å². The van der Waals surface area contributed by atoms with Gasteiger partial charge in [0.15, 0.2) is 5.82 Å². The lowest BCUT2D eigenvalue weighted by Crippen LogP contribution is -2.37. The van der Waals surface area contributed by atoms with Crippen molar-refractivity contribution in [2.24, 2.45) is 0 Å². The van der Waals surface area contributed by atoms with Crippen LogP contribution in [0.25, 0.3) is 0 Å². The SMILES string of the molecule is O=C(Nc1ccc(F)cc1)c1ccc(Oc2nccnc2N2CCOCC2)cc1. The number of aromatic nitrogens is 2. The Bertz CT molecular complexity index is 974. The quantitative estimate of drug-likeness (QED) is 0.714. The minimum atomic E-state index is -0.357. The fourth-order valence-corrected chi connectivity index (χ4v) is 2.90. The molecule has 0 bridgehead atoms. The lowest BCUT2D eigenvalue weighted by atomic mass is 10.2. The molecule has 1 amide bonds. The summed E-state index contributed by atoms with van der Waals surface area (Å²) in [6.07, 6.45) is 3.20. The highest BCUT2D eigenvalue weighted by Crippen LogP contribution is 2.28. The largest absolute Gasteiger partial charge is 0.436 e. The summed E-state index contributed by atoms with van der Waals surface area (Å²) < 4.78 is 24.2. The Morgan fingerprint density at radius 2 is 1.69 bits per heavy atom. The molecule has 4 rings (SSSR count). The summed E-state index contributed by atoms with van der Waals surface area (Å²) in [5, 5.41) is 2.72. The predicted octanol–water partition coefficient (Wildman–Crippen LogP) is 3.50. The van der Waals surface area contributed by atoms with Crippen LogP contribution in [0.5, 0.6) is 11.6 Å². The van der Waals surface area contributed by atoms with Gasteiger partial charge in [-0.3, -0.25) is 4.79 Å². The van der Waals surface area contributed by atoms with Gasteiger partial charge in [-0.05, 0) is 48.5 Å². The average molecular weight is 394 g/mol. The Labute approximate surface area is 167 Å². The van der Waals surface area contributed by atoms with Gasteiger partial charge >= 0.3 is 0 Å². The third-order valence-electron chi connectivity index (χ3n) is 4.39. The van der Waals surface area contributed by atoms with Gasteiger partial charge in [0.05, 0.1) is 13.2 Å². The van der Waals surface area contributed by atoms with Crippen molar-refractivity contribution in [1.82, 2.24) is 9.97 Å². The molecule has 1 saturated heterocycles. The molecule has 0 unspecified atom stereocenters. The van der Waals surface area contributed by atoms with Crippen LogP contribution in [-0.2, 0) is 4.74 Å². The van der Waals surface area contributed by atoms with Gasteiger partial charge in [0.1, 0.15) is 11.6 Å². The number of benzene rings is 2. The van der Waals surface area contributed by atoms with Crippen LogP contribution in [0.15, 0.2) is 60.9 Å². The van der Waals surface area contributed by atoms with E-state index in [0.717, 1.165) is 13.1 Å². The molecule has 0 radical (unpaired) electrons. The first-order valence-corrected chi connectivity index (χ1v) is 9.17. The number of nitrogens with one attached hydrogen (secondary N) is 1. The molecular formula is C21H19FN4O3. The molecule has 0 aliphatic carbocycles. The van der Waals surface area contributed by atoms with Gasteiger partial charge in [-0.25, -0.2) is 14.4 Å². The van der Waals surface area contributed by atoms with E-state index in [0.29, 0.717) is 41.9 Å². The maximum atomic E-state index is 13.0. The highest BCUT2D eigenvalue weighted by atomic mass is 19.1. The number of anilines is 2. The van der Waals surface area contributed by atoms with Gasteiger partial charge in [0.2, 0.25) is 0 Å². The van der Waals surface area contributed by atoms with E-state index in [4.69, 9.17) is 9.47 Å². The van der Waals surface area contributed by atoms with Gasteiger partial charge in [-0.15, -0.1) is 0 Å². The monoisotopic (exact) mass is 394 g/mol. The van der Waals surface area contributed by atoms with Gasteiger partial charge in [0, 0.05) is 36.7 Å². The number of nitrogens with zero attached hydrogens (tertiary/aromatic N) is 3. The second-order valence-corrected chi connectivity index (χ2v) is 6.37. The highest BCUT2D eigenvalue weighted by Gasteiger charge is 2.18. The van der Waals surface area contributed by atoms with Gasteiger partial charge in [-0.1, -0.05) is 0 Å². The number of hydrogen-bond acceptors (Lipinski definition) is 6. The summed E-state index contributed by atoms with van der Waals surface area (Å²) in [4.78, 5) is 23.1. The molecule has 29 heavy (non-hydrogen) atoms. The smallest absolute Gasteiger partial charge is 0.263 e.